The summed E-state index contributed by atoms with van der Waals surface area (Å²) in [5.41, 5.74) is 2.26. The second-order valence-corrected chi connectivity index (χ2v) is 4.25. The van der Waals surface area contributed by atoms with Crippen LogP contribution in [0.5, 0.6) is 0 Å². The third-order valence-corrected chi connectivity index (χ3v) is 3.13. The quantitative estimate of drug-likeness (QED) is 0.851. The lowest BCUT2D eigenvalue weighted by Gasteiger charge is -2.28. The maximum Gasteiger partial charge on any atom is 0.242 e. The topological polar surface area (TPSA) is 43.8 Å². The van der Waals surface area contributed by atoms with E-state index in [4.69, 9.17) is 5.11 Å². The fourth-order valence-corrected chi connectivity index (χ4v) is 2.17. The van der Waals surface area contributed by atoms with Gasteiger partial charge < -0.3 is 5.11 Å². The fourth-order valence-electron chi connectivity index (χ4n) is 2.17. The Kier molecular flexibility index (Phi) is 3.64. The highest BCUT2D eigenvalue weighted by atomic mass is 16.3. The molecule has 0 saturated carbocycles. The number of carbonyl (C=O) groups is 1. The highest BCUT2D eigenvalue weighted by Gasteiger charge is 2.26. The van der Waals surface area contributed by atoms with E-state index in [9.17, 15) is 4.79 Å². The molecule has 0 spiro atoms. The molecule has 0 aromatic heterocycles. The average molecular weight is 234 g/mol. The van der Waals surface area contributed by atoms with Crippen LogP contribution in [0.15, 0.2) is 24.3 Å². The molecule has 0 unspecified atom stereocenters. The first-order chi connectivity index (χ1) is 8.24. The summed E-state index contributed by atoms with van der Waals surface area (Å²) in [6.45, 7) is 0.939. The van der Waals surface area contributed by atoms with Crippen molar-refractivity contribution < 1.29 is 9.90 Å². The summed E-state index contributed by atoms with van der Waals surface area (Å²) in [5, 5.41) is 12.6. The van der Waals surface area contributed by atoms with Gasteiger partial charge >= 0.3 is 0 Å². The van der Waals surface area contributed by atoms with Crippen molar-refractivity contribution in [1.29, 1.82) is 0 Å². The Hall–Kier alpha value is -1.55. The number of anilines is 1. The Bertz CT molecular complexity index is 406. The molecule has 1 N–H and O–H groups in total. The zero-order valence-corrected chi connectivity index (χ0v) is 10.1. The Balaban J connectivity index is 2.22. The number of aliphatic hydroxyl groups excluding tert-OH is 1. The van der Waals surface area contributed by atoms with Gasteiger partial charge in [0.1, 0.15) is 0 Å². The van der Waals surface area contributed by atoms with Crippen molar-refractivity contribution in [2.45, 2.75) is 19.3 Å². The Labute approximate surface area is 101 Å². The van der Waals surface area contributed by atoms with Crippen LogP contribution in [-0.2, 0) is 11.2 Å². The van der Waals surface area contributed by atoms with Gasteiger partial charge in [-0.05, 0) is 24.5 Å². The van der Waals surface area contributed by atoms with E-state index in [-0.39, 0.29) is 12.5 Å². The second kappa shape index (κ2) is 5.19. The molecule has 0 atom stereocenters. The highest BCUT2D eigenvalue weighted by molar-refractivity contribution is 5.81. The minimum atomic E-state index is 0.155. The van der Waals surface area contributed by atoms with Crippen LogP contribution >= 0.6 is 0 Å². The lowest BCUT2D eigenvalue weighted by molar-refractivity contribution is -0.126. The zero-order chi connectivity index (χ0) is 12.3. The largest absolute Gasteiger partial charge is 0.396 e. The Morgan fingerprint density at radius 3 is 2.76 bits per heavy atom. The summed E-state index contributed by atoms with van der Waals surface area (Å²) in [6.07, 6.45) is 2.17. The van der Waals surface area contributed by atoms with E-state index in [0.29, 0.717) is 6.42 Å². The van der Waals surface area contributed by atoms with Crippen LogP contribution in [0.2, 0.25) is 0 Å². The number of benzene rings is 1. The summed E-state index contributed by atoms with van der Waals surface area (Å²) >= 11 is 0. The molecule has 0 radical (unpaired) electrons. The number of aryl methyl sites for hydroxylation is 1. The van der Waals surface area contributed by atoms with Crippen LogP contribution in [0, 0.1) is 0 Å². The first-order valence-corrected chi connectivity index (χ1v) is 5.97. The molecule has 92 valence electrons. The zero-order valence-electron chi connectivity index (χ0n) is 10.1. The fraction of sp³-hybridized carbons (Fsp3) is 0.462. The molecule has 1 saturated heterocycles. The molecule has 1 fully saturated rings. The number of para-hydroxylation sites is 1. The van der Waals surface area contributed by atoms with Crippen molar-refractivity contribution in [3.63, 3.8) is 0 Å². The SMILES string of the molecule is CN1C(=O)CCN1c1ccccc1CCCO. The van der Waals surface area contributed by atoms with Gasteiger partial charge in [0.2, 0.25) is 5.91 Å². The van der Waals surface area contributed by atoms with Crippen molar-refractivity contribution in [2.24, 2.45) is 0 Å². The molecular weight excluding hydrogens is 216 g/mol. The lowest BCUT2D eigenvalue weighted by Crippen LogP contribution is -2.36. The Morgan fingerprint density at radius 2 is 2.12 bits per heavy atom. The van der Waals surface area contributed by atoms with E-state index in [1.807, 2.05) is 23.2 Å². The molecule has 1 aromatic carbocycles. The van der Waals surface area contributed by atoms with Crippen LogP contribution in [0.1, 0.15) is 18.4 Å². The number of nitrogens with zero attached hydrogens (tertiary/aromatic N) is 2. The minimum absolute atomic E-state index is 0.155. The summed E-state index contributed by atoms with van der Waals surface area (Å²) in [4.78, 5) is 11.5. The summed E-state index contributed by atoms with van der Waals surface area (Å²) in [6, 6.07) is 8.06. The molecule has 1 amide bonds. The normalized spacial score (nSPS) is 15.8. The smallest absolute Gasteiger partial charge is 0.242 e. The van der Waals surface area contributed by atoms with E-state index >= 15 is 0 Å². The molecule has 1 heterocycles. The van der Waals surface area contributed by atoms with Gasteiger partial charge in [0, 0.05) is 26.6 Å². The predicted octanol–water partition coefficient (Wildman–Crippen LogP) is 1.20. The van der Waals surface area contributed by atoms with Gasteiger partial charge in [-0.25, -0.2) is 0 Å². The predicted molar refractivity (Wildman–Crippen MR) is 66.6 cm³/mol. The molecule has 1 aromatic rings. The first kappa shape index (κ1) is 11.9. The number of carbonyl (C=O) groups excluding carboxylic acids is 1. The maximum atomic E-state index is 11.5. The van der Waals surface area contributed by atoms with Crippen LogP contribution in [-0.4, -0.2) is 36.2 Å². The average Bonchev–Trinajstić information content (AvgIpc) is 2.68. The number of rotatable bonds is 4. The number of hydrogen-bond acceptors (Lipinski definition) is 3. The van der Waals surface area contributed by atoms with Crippen LogP contribution in [0.3, 0.4) is 0 Å². The van der Waals surface area contributed by atoms with Crippen molar-refractivity contribution in [3.05, 3.63) is 29.8 Å². The van der Waals surface area contributed by atoms with E-state index in [0.717, 1.165) is 25.1 Å². The Morgan fingerprint density at radius 1 is 1.35 bits per heavy atom. The molecule has 0 bridgehead atoms. The third-order valence-electron chi connectivity index (χ3n) is 3.13. The summed E-state index contributed by atoms with van der Waals surface area (Å²) in [7, 11) is 1.80. The van der Waals surface area contributed by atoms with E-state index < -0.39 is 0 Å². The number of aliphatic hydroxyl groups is 1. The van der Waals surface area contributed by atoms with Crippen molar-refractivity contribution in [3.8, 4) is 0 Å². The number of hydrazine groups is 1. The third kappa shape index (κ3) is 2.42. The molecule has 4 nitrogen and oxygen atoms in total. The molecular formula is C13H18N2O2. The molecule has 4 heteroatoms. The van der Waals surface area contributed by atoms with E-state index in [1.165, 1.54) is 5.56 Å². The highest BCUT2D eigenvalue weighted by Crippen LogP contribution is 2.26. The van der Waals surface area contributed by atoms with Gasteiger partial charge in [0.25, 0.3) is 0 Å². The molecule has 17 heavy (non-hydrogen) atoms. The molecule has 1 aliphatic rings. The lowest BCUT2D eigenvalue weighted by atomic mass is 10.1. The van der Waals surface area contributed by atoms with Crippen LogP contribution in [0.25, 0.3) is 0 Å². The van der Waals surface area contributed by atoms with Crippen LogP contribution in [0.4, 0.5) is 5.69 Å². The first-order valence-electron chi connectivity index (χ1n) is 5.97. The second-order valence-electron chi connectivity index (χ2n) is 4.25. The van der Waals surface area contributed by atoms with Crippen LogP contribution < -0.4 is 5.01 Å². The van der Waals surface area contributed by atoms with Gasteiger partial charge in [0.05, 0.1) is 5.69 Å². The van der Waals surface area contributed by atoms with Crippen molar-refractivity contribution >= 4 is 11.6 Å². The summed E-state index contributed by atoms with van der Waals surface area (Å²) in [5.74, 6) is 0.155. The van der Waals surface area contributed by atoms with Gasteiger partial charge in [0.15, 0.2) is 0 Å². The standard InChI is InChI=1S/C13H18N2O2/c1-14-13(17)8-9-15(14)12-7-3-2-5-11(12)6-4-10-16/h2-3,5,7,16H,4,6,8-10H2,1H3. The maximum absolute atomic E-state index is 11.5. The monoisotopic (exact) mass is 234 g/mol. The van der Waals surface area contributed by atoms with E-state index in [2.05, 4.69) is 6.07 Å². The van der Waals surface area contributed by atoms with E-state index in [1.54, 1.807) is 12.1 Å². The van der Waals surface area contributed by atoms with Gasteiger partial charge in [-0.2, -0.15) is 0 Å². The number of hydrogen-bond donors (Lipinski definition) is 1. The van der Waals surface area contributed by atoms with Gasteiger partial charge in [-0.3, -0.25) is 14.8 Å². The van der Waals surface area contributed by atoms with Crippen molar-refractivity contribution in [1.82, 2.24) is 5.01 Å². The minimum Gasteiger partial charge on any atom is -0.396 e. The van der Waals surface area contributed by atoms with Crippen molar-refractivity contribution in [2.75, 3.05) is 25.2 Å². The molecule has 2 rings (SSSR count). The summed E-state index contributed by atoms with van der Waals surface area (Å²) < 4.78 is 0. The molecule has 1 aliphatic heterocycles. The number of amides is 1. The van der Waals surface area contributed by atoms with Gasteiger partial charge in [-0.1, -0.05) is 18.2 Å². The van der Waals surface area contributed by atoms with Gasteiger partial charge in [-0.15, -0.1) is 0 Å². The molecule has 0 aliphatic carbocycles.